The van der Waals surface area contributed by atoms with E-state index in [1.54, 1.807) is 11.8 Å². The minimum absolute atomic E-state index is 0.0787. The Kier molecular flexibility index (Phi) is 5.78. The Balaban J connectivity index is 1.29. The number of hydrogen-bond donors (Lipinski definition) is 1. The highest BCUT2D eigenvalue weighted by atomic mass is 16.5. The van der Waals surface area contributed by atoms with E-state index in [0.717, 1.165) is 43.1 Å². The van der Waals surface area contributed by atoms with Gasteiger partial charge in [-0.2, -0.15) is 0 Å². The molecule has 0 saturated heterocycles. The lowest BCUT2D eigenvalue weighted by Crippen LogP contribution is -2.45. The number of ether oxygens (including phenoxy) is 1. The molecule has 2 aliphatic rings. The molecule has 4 rings (SSSR count). The Hall–Kier alpha value is -2.90. The van der Waals surface area contributed by atoms with E-state index in [4.69, 9.17) is 4.74 Å². The van der Waals surface area contributed by atoms with Crippen molar-refractivity contribution >= 4 is 17.5 Å². The van der Waals surface area contributed by atoms with Gasteiger partial charge in [0.1, 0.15) is 17.4 Å². The summed E-state index contributed by atoms with van der Waals surface area (Å²) in [6.07, 6.45) is 4.87. The van der Waals surface area contributed by atoms with E-state index in [1.165, 1.54) is 6.42 Å². The van der Waals surface area contributed by atoms with Gasteiger partial charge in [0.05, 0.1) is 5.69 Å². The number of aryl methyl sites for hydroxylation is 1. The molecule has 8 heteroatoms. The zero-order valence-corrected chi connectivity index (χ0v) is 16.8. The van der Waals surface area contributed by atoms with Crippen molar-refractivity contribution in [2.45, 2.75) is 58.1 Å². The molecule has 0 fully saturated rings. The number of anilines is 1. The van der Waals surface area contributed by atoms with E-state index >= 15 is 0 Å². The van der Waals surface area contributed by atoms with Gasteiger partial charge in [-0.3, -0.25) is 9.59 Å². The quantitative estimate of drug-likeness (QED) is 0.804. The van der Waals surface area contributed by atoms with Crippen LogP contribution in [0.3, 0.4) is 0 Å². The number of aromatic nitrogens is 3. The number of hydrogen-bond acceptors (Lipinski definition) is 5. The van der Waals surface area contributed by atoms with Gasteiger partial charge in [0, 0.05) is 38.9 Å². The van der Waals surface area contributed by atoms with Crippen LogP contribution in [0.25, 0.3) is 0 Å². The summed E-state index contributed by atoms with van der Waals surface area (Å²) < 4.78 is 7.83. The Bertz CT molecular complexity index is 894. The van der Waals surface area contributed by atoms with Gasteiger partial charge in [0.2, 0.25) is 5.91 Å². The molecule has 8 nitrogen and oxygen atoms in total. The van der Waals surface area contributed by atoms with Gasteiger partial charge in [-0.05, 0) is 31.9 Å². The molecule has 1 aromatic heterocycles. The van der Waals surface area contributed by atoms with E-state index in [9.17, 15) is 9.59 Å². The zero-order valence-electron chi connectivity index (χ0n) is 16.8. The summed E-state index contributed by atoms with van der Waals surface area (Å²) in [6, 6.07) is 7.41. The third-order valence-electron chi connectivity index (χ3n) is 5.49. The largest absolute Gasteiger partial charge is 0.479 e. The van der Waals surface area contributed by atoms with Gasteiger partial charge in [-0.25, -0.2) is 0 Å². The van der Waals surface area contributed by atoms with Gasteiger partial charge in [-0.15, -0.1) is 10.2 Å². The van der Waals surface area contributed by atoms with E-state index in [1.807, 2.05) is 24.3 Å². The van der Waals surface area contributed by atoms with Crippen molar-refractivity contribution in [1.29, 1.82) is 0 Å². The number of rotatable bonds is 6. The van der Waals surface area contributed by atoms with Gasteiger partial charge < -0.3 is 19.5 Å². The van der Waals surface area contributed by atoms with E-state index in [0.29, 0.717) is 25.3 Å². The molecule has 2 aliphatic heterocycles. The summed E-state index contributed by atoms with van der Waals surface area (Å²) >= 11 is 0. The zero-order chi connectivity index (χ0) is 20.2. The second kappa shape index (κ2) is 8.63. The minimum atomic E-state index is -0.545. The number of carbonyl (C=O) groups excluding carboxylic acids is 2. The van der Waals surface area contributed by atoms with Gasteiger partial charge in [0.15, 0.2) is 6.10 Å². The number of fused-ring (bicyclic) bond motifs is 2. The van der Waals surface area contributed by atoms with Crippen LogP contribution in [0.2, 0.25) is 0 Å². The lowest BCUT2D eigenvalue weighted by Gasteiger charge is -2.32. The standard InChI is InChI=1S/C21H27N5O3/c1-15-21(28)25(16-7-4-5-8-17(16)29-15)14-11-20(27)22-12-10-19-24-23-18-9-3-2-6-13-26(18)19/h4-5,7-8,15H,2-3,6,9-14H2,1H3,(H,22,27). The predicted octanol–water partition coefficient (Wildman–Crippen LogP) is 1.87. The van der Waals surface area contributed by atoms with Gasteiger partial charge >= 0.3 is 0 Å². The molecule has 29 heavy (non-hydrogen) atoms. The molecule has 1 atom stereocenters. The number of carbonyl (C=O) groups is 2. The lowest BCUT2D eigenvalue weighted by molar-refractivity contribution is -0.125. The Morgan fingerprint density at radius 3 is 3.00 bits per heavy atom. The third-order valence-corrected chi connectivity index (χ3v) is 5.49. The maximum atomic E-state index is 12.5. The van der Waals surface area contributed by atoms with Crippen LogP contribution in [0.15, 0.2) is 24.3 Å². The van der Waals surface area contributed by atoms with Crippen molar-refractivity contribution in [3.63, 3.8) is 0 Å². The molecule has 2 amide bonds. The molecule has 3 heterocycles. The number of nitrogens with one attached hydrogen (secondary N) is 1. The fourth-order valence-corrected chi connectivity index (χ4v) is 3.94. The summed E-state index contributed by atoms with van der Waals surface area (Å²) in [5, 5.41) is 11.5. The molecule has 1 N–H and O–H groups in total. The second-order valence-corrected chi connectivity index (χ2v) is 7.56. The van der Waals surface area contributed by atoms with Crippen LogP contribution in [0, 0.1) is 0 Å². The molecule has 0 bridgehead atoms. The molecule has 0 saturated carbocycles. The van der Waals surface area contributed by atoms with Crippen molar-refractivity contribution in [1.82, 2.24) is 20.1 Å². The van der Waals surface area contributed by atoms with Crippen LogP contribution in [0.5, 0.6) is 5.75 Å². The fraction of sp³-hybridized carbons (Fsp3) is 0.524. The van der Waals surface area contributed by atoms with Crippen molar-refractivity contribution in [2.24, 2.45) is 0 Å². The number of amides is 2. The van der Waals surface area contributed by atoms with E-state index in [-0.39, 0.29) is 18.2 Å². The Morgan fingerprint density at radius 2 is 2.10 bits per heavy atom. The smallest absolute Gasteiger partial charge is 0.267 e. The summed E-state index contributed by atoms with van der Waals surface area (Å²) in [5.41, 5.74) is 0.717. The minimum Gasteiger partial charge on any atom is -0.479 e. The average Bonchev–Trinajstić information content (AvgIpc) is 2.94. The molecule has 0 radical (unpaired) electrons. The molecular formula is C21H27N5O3. The normalized spacial score (nSPS) is 18.4. The lowest BCUT2D eigenvalue weighted by atomic mass is 10.1. The van der Waals surface area contributed by atoms with Crippen molar-refractivity contribution in [3.05, 3.63) is 35.9 Å². The summed E-state index contributed by atoms with van der Waals surface area (Å²) in [4.78, 5) is 26.5. The highest BCUT2D eigenvalue weighted by molar-refractivity contribution is 6.00. The molecular weight excluding hydrogens is 370 g/mol. The first kappa shape index (κ1) is 19.4. The van der Waals surface area contributed by atoms with Crippen molar-refractivity contribution < 1.29 is 14.3 Å². The first-order valence-electron chi connectivity index (χ1n) is 10.4. The van der Waals surface area contributed by atoms with Crippen LogP contribution in [0.1, 0.15) is 44.3 Å². The average molecular weight is 397 g/mol. The Morgan fingerprint density at radius 1 is 1.24 bits per heavy atom. The predicted molar refractivity (Wildman–Crippen MR) is 108 cm³/mol. The van der Waals surface area contributed by atoms with Crippen molar-refractivity contribution in [2.75, 3.05) is 18.0 Å². The van der Waals surface area contributed by atoms with E-state index < -0.39 is 6.10 Å². The van der Waals surface area contributed by atoms with Crippen LogP contribution >= 0.6 is 0 Å². The monoisotopic (exact) mass is 397 g/mol. The number of para-hydroxylation sites is 2. The van der Waals surface area contributed by atoms with Crippen LogP contribution in [-0.4, -0.2) is 45.8 Å². The Labute approximate surface area is 170 Å². The SMILES string of the molecule is CC1Oc2ccccc2N(CCC(=O)NCCc2nnc3n2CCCCC3)C1=O. The summed E-state index contributed by atoms with van der Waals surface area (Å²) in [6.45, 7) is 3.53. The van der Waals surface area contributed by atoms with E-state index in [2.05, 4.69) is 20.1 Å². The first-order chi connectivity index (χ1) is 14.1. The topological polar surface area (TPSA) is 89.3 Å². The highest BCUT2D eigenvalue weighted by Crippen LogP contribution is 2.33. The summed E-state index contributed by atoms with van der Waals surface area (Å²) in [7, 11) is 0. The fourth-order valence-electron chi connectivity index (χ4n) is 3.94. The van der Waals surface area contributed by atoms with Gasteiger partial charge in [0.25, 0.3) is 5.91 Å². The second-order valence-electron chi connectivity index (χ2n) is 7.56. The molecule has 1 unspecified atom stereocenters. The van der Waals surface area contributed by atoms with Crippen LogP contribution < -0.4 is 15.0 Å². The molecule has 2 aromatic rings. The maximum absolute atomic E-state index is 12.5. The molecule has 0 aliphatic carbocycles. The molecule has 1 aromatic carbocycles. The first-order valence-corrected chi connectivity index (χ1v) is 10.4. The van der Waals surface area contributed by atoms with Crippen LogP contribution in [0.4, 0.5) is 5.69 Å². The number of nitrogens with zero attached hydrogens (tertiary/aromatic N) is 4. The maximum Gasteiger partial charge on any atom is 0.267 e. The number of benzene rings is 1. The van der Waals surface area contributed by atoms with Crippen molar-refractivity contribution in [3.8, 4) is 5.75 Å². The summed E-state index contributed by atoms with van der Waals surface area (Å²) in [5.74, 6) is 2.47. The highest BCUT2D eigenvalue weighted by Gasteiger charge is 2.31. The third kappa shape index (κ3) is 4.26. The van der Waals surface area contributed by atoms with Crippen LogP contribution in [-0.2, 0) is 29.0 Å². The molecule has 0 spiro atoms. The molecule has 154 valence electrons. The van der Waals surface area contributed by atoms with Gasteiger partial charge in [-0.1, -0.05) is 18.6 Å².